The zero-order valence-electron chi connectivity index (χ0n) is 8.22. The molecule has 0 heterocycles. The Morgan fingerprint density at radius 3 is 2.93 bits per heavy atom. The molecule has 0 saturated carbocycles. The van der Waals surface area contributed by atoms with Crippen molar-refractivity contribution in [3.63, 3.8) is 0 Å². The highest BCUT2D eigenvalue weighted by atomic mass is 19.1. The summed E-state index contributed by atoms with van der Waals surface area (Å²) in [5.41, 5.74) is 7.03. The molecule has 2 N–H and O–H groups in total. The van der Waals surface area contributed by atoms with Crippen LogP contribution in [0.5, 0.6) is 5.75 Å². The second kappa shape index (κ2) is 4.77. The van der Waals surface area contributed by atoms with Gasteiger partial charge < -0.3 is 10.5 Å². The number of halogens is 1. The summed E-state index contributed by atoms with van der Waals surface area (Å²) in [6.07, 6.45) is 0. The number of nitrogens with two attached hydrogens (primary N) is 1. The summed E-state index contributed by atoms with van der Waals surface area (Å²) < 4.78 is 18.4. The first kappa shape index (κ1) is 10.7. The summed E-state index contributed by atoms with van der Waals surface area (Å²) in [4.78, 5) is 0. The van der Waals surface area contributed by atoms with Crippen molar-refractivity contribution in [3.8, 4) is 5.75 Å². The summed E-state index contributed by atoms with van der Waals surface area (Å²) in [5.74, 6) is -0.111. The van der Waals surface area contributed by atoms with E-state index in [0.29, 0.717) is 6.54 Å². The summed E-state index contributed by atoms with van der Waals surface area (Å²) in [6, 6.07) is 4.73. The minimum atomic E-state index is -0.361. The van der Waals surface area contributed by atoms with E-state index in [2.05, 4.69) is 6.58 Å². The highest BCUT2D eigenvalue weighted by Gasteiger charge is 2.03. The van der Waals surface area contributed by atoms with Crippen LogP contribution >= 0.6 is 0 Å². The third kappa shape index (κ3) is 2.85. The third-order valence-electron chi connectivity index (χ3n) is 1.81. The van der Waals surface area contributed by atoms with Crippen LogP contribution in [0, 0.1) is 12.7 Å². The van der Waals surface area contributed by atoms with Crippen LogP contribution in [0.4, 0.5) is 4.39 Å². The molecule has 14 heavy (non-hydrogen) atoms. The third-order valence-corrected chi connectivity index (χ3v) is 1.81. The molecule has 0 radical (unpaired) electrons. The van der Waals surface area contributed by atoms with Crippen LogP contribution in [-0.2, 0) is 0 Å². The van der Waals surface area contributed by atoms with Gasteiger partial charge in [-0.1, -0.05) is 12.6 Å². The first-order chi connectivity index (χ1) is 6.63. The Kier molecular flexibility index (Phi) is 3.65. The second-order valence-electron chi connectivity index (χ2n) is 3.18. The molecule has 1 rings (SSSR count). The molecule has 0 fully saturated rings. The molecule has 3 heteroatoms. The molecule has 0 aliphatic rings. The molecule has 0 saturated heterocycles. The van der Waals surface area contributed by atoms with E-state index >= 15 is 0 Å². The van der Waals surface area contributed by atoms with E-state index in [4.69, 9.17) is 10.5 Å². The Labute approximate surface area is 83.2 Å². The molecular formula is C11H14FNO. The van der Waals surface area contributed by atoms with Gasteiger partial charge in [0.05, 0.1) is 0 Å². The Morgan fingerprint density at radius 2 is 2.29 bits per heavy atom. The molecule has 0 aliphatic heterocycles. The largest absolute Gasteiger partial charge is 0.486 e. The van der Waals surface area contributed by atoms with Crippen LogP contribution in [0.25, 0.3) is 0 Å². The molecule has 1 aromatic rings. The van der Waals surface area contributed by atoms with Gasteiger partial charge in [0.2, 0.25) is 0 Å². The molecule has 0 amide bonds. The van der Waals surface area contributed by atoms with Gasteiger partial charge in [-0.15, -0.1) is 0 Å². The van der Waals surface area contributed by atoms with Crippen molar-refractivity contribution >= 4 is 0 Å². The lowest BCUT2D eigenvalue weighted by Crippen LogP contribution is -2.10. The molecule has 2 nitrogen and oxygen atoms in total. The first-order valence-corrected chi connectivity index (χ1v) is 4.39. The van der Waals surface area contributed by atoms with Crippen molar-refractivity contribution in [3.05, 3.63) is 41.7 Å². The van der Waals surface area contributed by atoms with Gasteiger partial charge in [-0.2, -0.15) is 0 Å². The Hall–Kier alpha value is -1.35. The molecular weight excluding hydrogens is 181 g/mol. The SMILES string of the molecule is C=C(CN)COc1cc(C)ccc1F. The van der Waals surface area contributed by atoms with E-state index in [0.717, 1.165) is 11.1 Å². The van der Waals surface area contributed by atoms with Gasteiger partial charge in [0.1, 0.15) is 6.61 Å². The van der Waals surface area contributed by atoms with E-state index in [1.165, 1.54) is 6.07 Å². The van der Waals surface area contributed by atoms with E-state index in [1.54, 1.807) is 12.1 Å². The molecule has 0 atom stereocenters. The van der Waals surface area contributed by atoms with Crippen LogP contribution in [-0.4, -0.2) is 13.2 Å². The standard InChI is InChI=1S/C11H14FNO/c1-8-3-4-10(12)11(5-8)14-7-9(2)6-13/h3-5H,2,6-7,13H2,1H3. The maximum absolute atomic E-state index is 13.1. The fourth-order valence-corrected chi connectivity index (χ4v) is 0.960. The number of rotatable bonds is 4. The predicted octanol–water partition coefficient (Wildman–Crippen LogP) is 2.03. The van der Waals surface area contributed by atoms with Crippen LogP contribution < -0.4 is 10.5 Å². The minimum Gasteiger partial charge on any atom is -0.486 e. The van der Waals surface area contributed by atoms with Gasteiger partial charge in [-0.05, 0) is 30.2 Å². The molecule has 0 aliphatic carbocycles. The first-order valence-electron chi connectivity index (χ1n) is 4.39. The van der Waals surface area contributed by atoms with Gasteiger partial charge in [0.25, 0.3) is 0 Å². The summed E-state index contributed by atoms with van der Waals surface area (Å²) >= 11 is 0. The molecule has 0 unspecified atom stereocenters. The van der Waals surface area contributed by atoms with Crippen LogP contribution in [0.2, 0.25) is 0 Å². The smallest absolute Gasteiger partial charge is 0.165 e. The fraction of sp³-hybridized carbons (Fsp3) is 0.273. The highest BCUT2D eigenvalue weighted by Crippen LogP contribution is 2.18. The molecule has 0 spiro atoms. The molecule has 1 aromatic carbocycles. The van der Waals surface area contributed by atoms with E-state index < -0.39 is 0 Å². The van der Waals surface area contributed by atoms with Crippen molar-refractivity contribution in [2.75, 3.05) is 13.2 Å². The van der Waals surface area contributed by atoms with Crippen molar-refractivity contribution < 1.29 is 9.13 Å². The lowest BCUT2D eigenvalue weighted by Gasteiger charge is -2.08. The summed E-state index contributed by atoms with van der Waals surface area (Å²) in [6.45, 7) is 6.16. The zero-order chi connectivity index (χ0) is 10.6. The molecule has 76 valence electrons. The minimum absolute atomic E-state index is 0.250. The lowest BCUT2D eigenvalue weighted by atomic mass is 10.2. The zero-order valence-corrected chi connectivity index (χ0v) is 8.22. The van der Waals surface area contributed by atoms with Crippen molar-refractivity contribution in [1.82, 2.24) is 0 Å². The molecule has 0 aromatic heterocycles. The van der Waals surface area contributed by atoms with Crippen molar-refractivity contribution in [1.29, 1.82) is 0 Å². The van der Waals surface area contributed by atoms with Crippen molar-refractivity contribution in [2.45, 2.75) is 6.92 Å². The van der Waals surface area contributed by atoms with Gasteiger partial charge in [-0.3, -0.25) is 0 Å². The second-order valence-corrected chi connectivity index (χ2v) is 3.18. The summed E-state index contributed by atoms with van der Waals surface area (Å²) in [5, 5.41) is 0. The maximum atomic E-state index is 13.1. The fourth-order valence-electron chi connectivity index (χ4n) is 0.960. The lowest BCUT2D eigenvalue weighted by molar-refractivity contribution is 0.331. The number of aryl methyl sites for hydroxylation is 1. The van der Waals surface area contributed by atoms with E-state index in [-0.39, 0.29) is 18.2 Å². The quantitative estimate of drug-likeness (QED) is 0.746. The van der Waals surface area contributed by atoms with Gasteiger partial charge in [0, 0.05) is 6.54 Å². The normalized spacial score (nSPS) is 9.93. The predicted molar refractivity (Wildman–Crippen MR) is 54.8 cm³/mol. The van der Waals surface area contributed by atoms with Gasteiger partial charge in [0.15, 0.2) is 11.6 Å². The topological polar surface area (TPSA) is 35.2 Å². The highest BCUT2D eigenvalue weighted by molar-refractivity contribution is 5.29. The Balaban J connectivity index is 2.66. The number of benzene rings is 1. The van der Waals surface area contributed by atoms with E-state index in [9.17, 15) is 4.39 Å². The average molecular weight is 195 g/mol. The Morgan fingerprint density at radius 1 is 1.57 bits per heavy atom. The van der Waals surface area contributed by atoms with E-state index in [1.807, 2.05) is 6.92 Å². The monoisotopic (exact) mass is 195 g/mol. The number of hydrogen-bond acceptors (Lipinski definition) is 2. The molecule has 0 bridgehead atoms. The van der Waals surface area contributed by atoms with Crippen LogP contribution in [0.3, 0.4) is 0 Å². The van der Waals surface area contributed by atoms with Gasteiger partial charge in [-0.25, -0.2) is 4.39 Å². The number of hydrogen-bond donors (Lipinski definition) is 1. The van der Waals surface area contributed by atoms with Crippen LogP contribution in [0.1, 0.15) is 5.56 Å². The average Bonchev–Trinajstić information content (AvgIpc) is 2.19. The maximum Gasteiger partial charge on any atom is 0.165 e. The Bertz CT molecular complexity index is 336. The number of ether oxygens (including phenoxy) is 1. The van der Waals surface area contributed by atoms with Crippen molar-refractivity contribution in [2.24, 2.45) is 5.73 Å². The summed E-state index contributed by atoms with van der Waals surface area (Å²) in [7, 11) is 0. The van der Waals surface area contributed by atoms with Gasteiger partial charge >= 0.3 is 0 Å². The van der Waals surface area contributed by atoms with Crippen LogP contribution in [0.15, 0.2) is 30.4 Å².